The summed E-state index contributed by atoms with van der Waals surface area (Å²) < 4.78 is 0. The van der Waals surface area contributed by atoms with E-state index in [1.807, 2.05) is 0 Å². The third kappa shape index (κ3) is 24.6. The Morgan fingerprint density at radius 3 is 1.29 bits per heavy atom. The van der Waals surface area contributed by atoms with Crippen LogP contribution in [0.25, 0.3) is 0 Å². The number of unbranched alkanes of at least 4 members (excludes halogenated alkanes) is 1. The Hall–Kier alpha value is 5.42. The zero-order valence-electron chi connectivity index (χ0n) is 6.12. The molecule has 0 rings (SSSR count). The Balaban J connectivity index is -0.0000000150. The third-order valence-electron chi connectivity index (χ3n) is 0.354. The maximum atomic E-state index is 3.60. The predicted octanol–water partition coefficient (Wildman–Crippen LogP) is -7.37. The minimum Gasteiger partial charge on any atom is -0.343 e. The molecule has 0 aromatic heterocycles. The van der Waals surface area contributed by atoms with Crippen molar-refractivity contribution in [3.63, 3.8) is 0 Å². The van der Waals surface area contributed by atoms with Gasteiger partial charge in [0, 0.05) is 0 Å². The van der Waals surface area contributed by atoms with E-state index in [2.05, 4.69) is 13.8 Å². The van der Waals surface area contributed by atoms with Crippen LogP contribution in [0.5, 0.6) is 0 Å². The van der Waals surface area contributed by atoms with Crippen LogP contribution in [0.3, 0.4) is 0 Å². The number of rotatable bonds is 1. The van der Waals surface area contributed by atoms with Gasteiger partial charge in [-0.25, -0.2) is 0 Å². The Labute approximate surface area is 194 Å². The summed E-state index contributed by atoms with van der Waals surface area (Å²) in [6.07, 6.45) is 2.28. The second kappa shape index (κ2) is 22.5. The topological polar surface area (TPSA) is 0 Å². The van der Waals surface area contributed by atoms with Crippen LogP contribution in [0.1, 0.15) is 19.8 Å². The zero-order valence-corrected chi connectivity index (χ0v) is 20.9. The van der Waals surface area contributed by atoms with E-state index in [1.54, 1.807) is 0 Å². The summed E-state index contributed by atoms with van der Waals surface area (Å²) in [5.74, 6) is 0. The van der Waals surface area contributed by atoms with Gasteiger partial charge in [0.15, 0.2) is 0 Å². The fourth-order valence-electron chi connectivity index (χ4n) is 0. The average molecular weight is 314 g/mol. The van der Waals surface area contributed by atoms with E-state index in [-0.39, 0.29) is 175 Å². The molecule has 0 bridgehead atoms. The van der Waals surface area contributed by atoms with Gasteiger partial charge in [-0.15, -0.1) is 0 Å². The van der Waals surface area contributed by atoms with Crippen LogP contribution in [0.4, 0.5) is 0 Å². The second-order valence-corrected chi connectivity index (χ2v) is 0.854. The summed E-state index contributed by atoms with van der Waals surface area (Å²) >= 11 is 0. The van der Waals surface area contributed by atoms with E-state index in [1.165, 1.54) is 6.42 Å². The van der Waals surface area contributed by atoms with Crippen molar-refractivity contribution >= 4 is 0 Å². The molecule has 0 aromatic carbocycles. The molecule has 0 fully saturated rings. The summed E-state index contributed by atoms with van der Waals surface area (Å²) in [7, 11) is 0. The van der Waals surface area contributed by atoms with Gasteiger partial charge in [0.2, 0.25) is 0 Å². The summed E-state index contributed by atoms with van der Waals surface area (Å²) in [5.41, 5.74) is 0. The van der Waals surface area contributed by atoms with Crippen molar-refractivity contribution in [3.05, 3.63) is 6.92 Å². The molecule has 7 heavy (non-hydrogen) atoms. The van der Waals surface area contributed by atoms with Crippen LogP contribution in [-0.2, 0) is 0 Å². The number of hydrogen-bond donors (Lipinski definition) is 0. The van der Waals surface area contributed by atoms with Gasteiger partial charge in [-0.05, 0) is 0 Å². The molecule has 0 saturated heterocycles. The normalized spacial score (nSPS) is 4.29. The third-order valence-corrected chi connectivity index (χ3v) is 0.354. The molecule has 26 valence electrons. The van der Waals surface area contributed by atoms with E-state index in [4.69, 9.17) is 0 Å². The molecule has 0 unspecified atom stereocenters. The molecular formula is C4H9Rb3+2. The van der Waals surface area contributed by atoms with Crippen molar-refractivity contribution in [2.24, 2.45) is 0 Å². The van der Waals surface area contributed by atoms with Crippen molar-refractivity contribution in [2.45, 2.75) is 19.8 Å². The monoisotopic (exact) mass is 312 g/mol. The predicted molar refractivity (Wildman–Crippen MR) is 20.3 cm³/mol. The molecule has 0 saturated carbocycles. The van der Waals surface area contributed by atoms with Crippen LogP contribution in [0.2, 0.25) is 0 Å². The van der Waals surface area contributed by atoms with Crippen LogP contribution in [-0.4, -0.2) is 0 Å². The van der Waals surface area contributed by atoms with Gasteiger partial charge < -0.3 is 6.92 Å². The summed E-state index contributed by atoms with van der Waals surface area (Å²) in [5, 5.41) is 0. The van der Waals surface area contributed by atoms with Crippen LogP contribution < -0.4 is 175 Å². The summed E-state index contributed by atoms with van der Waals surface area (Å²) in [6, 6.07) is 0. The summed E-state index contributed by atoms with van der Waals surface area (Å²) in [4.78, 5) is 0. The van der Waals surface area contributed by atoms with Crippen LogP contribution in [0.15, 0.2) is 0 Å². The largest absolute Gasteiger partial charge is 1.00 e. The molecule has 0 nitrogen and oxygen atoms in total. The van der Waals surface area contributed by atoms with E-state index in [0.717, 1.165) is 6.42 Å². The molecule has 0 aliphatic rings. The van der Waals surface area contributed by atoms with Gasteiger partial charge in [-0.3, -0.25) is 0 Å². The molecule has 0 aromatic rings. The number of hydrogen-bond acceptors (Lipinski definition) is 0. The quantitative estimate of drug-likeness (QED) is 0.422. The molecule has 0 heterocycles. The van der Waals surface area contributed by atoms with E-state index in [9.17, 15) is 0 Å². The van der Waals surface area contributed by atoms with Crippen molar-refractivity contribution < 1.29 is 175 Å². The molecule has 0 spiro atoms. The average Bonchev–Trinajstić information content (AvgIpc) is 1.37. The van der Waals surface area contributed by atoms with Gasteiger partial charge in [0.25, 0.3) is 0 Å². The van der Waals surface area contributed by atoms with E-state index in [0.29, 0.717) is 0 Å². The molecule has 0 amide bonds. The Morgan fingerprint density at radius 2 is 1.29 bits per heavy atom. The van der Waals surface area contributed by atoms with Crippen LogP contribution in [0, 0.1) is 6.92 Å². The molecule has 3 heteroatoms. The first-order valence-electron chi connectivity index (χ1n) is 1.71. The first-order valence-corrected chi connectivity index (χ1v) is 1.71. The standard InChI is InChI=1S/C4H9.3Rb/c1-3-4-2;;;/h1,3-4H2,2H3;;;/q-1;3*+1. The minimum atomic E-state index is 0. The Kier molecular flexibility index (Phi) is 73.5. The summed E-state index contributed by atoms with van der Waals surface area (Å²) in [6.45, 7) is 5.72. The molecule has 0 N–H and O–H groups in total. The van der Waals surface area contributed by atoms with Crippen molar-refractivity contribution in [3.8, 4) is 0 Å². The maximum absolute atomic E-state index is 3.60. The van der Waals surface area contributed by atoms with Crippen molar-refractivity contribution in [2.75, 3.05) is 0 Å². The fraction of sp³-hybridized carbons (Fsp3) is 0.750. The van der Waals surface area contributed by atoms with Gasteiger partial charge in [-0.1, -0.05) is 13.3 Å². The van der Waals surface area contributed by atoms with Crippen molar-refractivity contribution in [1.82, 2.24) is 0 Å². The Bertz CT molecular complexity index is 8.90. The minimum absolute atomic E-state index is 0. The van der Waals surface area contributed by atoms with Gasteiger partial charge in [-0.2, -0.15) is 6.42 Å². The van der Waals surface area contributed by atoms with E-state index < -0.39 is 0 Å². The molecular weight excluding hydrogens is 304 g/mol. The van der Waals surface area contributed by atoms with Gasteiger partial charge in [0.1, 0.15) is 0 Å². The smallest absolute Gasteiger partial charge is 0.343 e. The molecule has 0 aliphatic carbocycles. The second-order valence-electron chi connectivity index (χ2n) is 0.854. The molecule has 0 aliphatic heterocycles. The molecule has 0 radical (unpaired) electrons. The fourth-order valence-corrected chi connectivity index (χ4v) is 0. The maximum Gasteiger partial charge on any atom is 1.00 e. The van der Waals surface area contributed by atoms with Crippen LogP contribution >= 0.6 is 0 Å². The Morgan fingerprint density at radius 1 is 1.14 bits per heavy atom. The molecule has 0 atom stereocenters. The first kappa shape index (κ1) is 22.8. The SMILES string of the molecule is [CH2-]CCC.[Rb+].[Rb+].[Rb+]. The zero-order chi connectivity index (χ0) is 3.41. The van der Waals surface area contributed by atoms with Gasteiger partial charge >= 0.3 is 175 Å². The van der Waals surface area contributed by atoms with Crippen molar-refractivity contribution in [1.29, 1.82) is 0 Å². The van der Waals surface area contributed by atoms with Gasteiger partial charge in [0.05, 0.1) is 0 Å². The first-order chi connectivity index (χ1) is 1.91. The van der Waals surface area contributed by atoms with E-state index >= 15 is 0 Å².